The Balaban J connectivity index is 1.67. The fourth-order valence-electron chi connectivity index (χ4n) is 3.45. The van der Waals surface area contributed by atoms with Gasteiger partial charge in [-0.05, 0) is 31.0 Å². The third-order valence-electron chi connectivity index (χ3n) is 4.87. The number of benzene rings is 2. The lowest BCUT2D eigenvalue weighted by atomic mass is 9.96. The average molecular weight is 349 g/mol. The molecular weight excluding hydrogens is 330 g/mol. The SMILES string of the molecule is NC(=O)C1CCCN(C(=O)c2ccc3noc(-c4ccccc4)c3c2)C1. The largest absolute Gasteiger partial charge is 0.369 e. The lowest BCUT2D eigenvalue weighted by Gasteiger charge is -2.31. The molecule has 4 rings (SSSR count). The first-order valence-corrected chi connectivity index (χ1v) is 8.67. The number of fused-ring (bicyclic) bond motifs is 1. The van der Waals surface area contributed by atoms with Crippen molar-refractivity contribution < 1.29 is 14.1 Å². The molecule has 2 aromatic carbocycles. The van der Waals surface area contributed by atoms with Gasteiger partial charge in [-0.2, -0.15) is 0 Å². The molecule has 0 bridgehead atoms. The Labute approximate surface area is 150 Å². The van der Waals surface area contributed by atoms with Crippen molar-refractivity contribution >= 4 is 22.7 Å². The van der Waals surface area contributed by atoms with Crippen LogP contribution >= 0.6 is 0 Å². The van der Waals surface area contributed by atoms with Gasteiger partial charge in [-0.1, -0.05) is 35.5 Å². The van der Waals surface area contributed by atoms with Gasteiger partial charge in [-0.15, -0.1) is 0 Å². The van der Waals surface area contributed by atoms with Gasteiger partial charge in [-0.3, -0.25) is 9.59 Å². The summed E-state index contributed by atoms with van der Waals surface area (Å²) in [5, 5.41) is 4.88. The van der Waals surface area contributed by atoms with Crippen molar-refractivity contribution in [2.75, 3.05) is 13.1 Å². The summed E-state index contributed by atoms with van der Waals surface area (Å²) in [5.74, 6) is -0.0720. The molecular formula is C20H19N3O3. The van der Waals surface area contributed by atoms with E-state index in [1.807, 2.05) is 36.4 Å². The first-order valence-electron chi connectivity index (χ1n) is 8.67. The highest BCUT2D eigenvalue weighted by Gasteiger charge is 2.28. The molecule has 0 saturated carbocycles. The van der Waals surface area contributed by atoms with Crippen molar-refractivity contribution in [1.82, 2.24) is 10.1 Å². The van der Waals surface area contributed by atoms with Crippen LogP contribution in [0.5, 0.6) is 0 Å². The van der Waals surface area contributed by atoms with Crippen molar-refractivity contribution in [2.24, 2.45) is 11.7 Å². The fraction of sp³-hybridized carbons (Fsp3) is 0.250. The number of amides is 2. The van der Waals surface area contributed by atoms with E-state index in [1.54, 1.807) is 17.0 Å². The lowest BCUT2D eigenvalue weighted by molar-refractivity contribution is -0.123. The lowest BCUT2D eigenvalue weighted by Crippen LogP contribution is -2.44. The zero-order valence-corrected chi connectivity index (χ0v) is 14.2. The Kier molecular flexibility index (Phi) is 4.16. The van der Waals surface area contributed by atoms with Gasteiger partial charge in [0.25, 0.3) is 5.91 Å². The molecule has 1 aliphatic heterocycles. The second-order valence-electron chi connectivity index (χ2n) is 6.60. The molecule has 0 aliphatic carbocycles. The Morgan fingerprint density at radius 3 is 2.73 bits per heavy atom. The highest BCUT2D eigenvalue weighted by atomic mass is 16.5. The molecule has 0 radical (unpaired) electrons. The number of nitrogens with zero attached hydrogens (tertiary/aromatic N) is 2. The molecule has 6 heteroatoms. The fourth-order valence-corrected chi connectivity index (χ4v) is 3.45. The molecule has 132 valence electrons. The van der Waals surface area contributed by atoms with Crippen molar-refractivity contribution in [2.45, 2.75) is 12.8 Å². The Morgan fingerprint density at radius 2 is 1.96 bits per heavy atom. The number of carbonyl (C=O) groups is 2. The summed E-state index contributed by atoms with van der Waals surface area (Å²) in [6, 6.07) is 15.0. The van der Waals surface area contributed by atoms with E-state index < -0.39 is 0 Å². The molecule has 26 heavy (non-hydrogen) atoms. The maximum atomic E-state index is 12.9. The maximum Gasteiger partial charge on any atom is 0.253 e. The maximum absolute atomic E-state index is 12.9. The third kappa shape index (κ3) is 2.94. The molecule has 1 fully saturated rings. The van der Waals surface area contributed by atoms with E-state index in [2.05, 4.69) is 5.16 Å². The van der Waals surface area contributed by atoms with Gasteiger partial charge >= 0.3 is 0 Å². The second kappa shape index (κ2) is 6.63. The van der Waals surface area contributed by atoms with Gasteiger partial charge in [0.2, 0.25) is 5.91 Å². The summed E-state index contributed by atoms with van der Waals surface area (Å²) in [6.07, 6.45) is 1.52. The molecule has 1 saturated heterocycles. The van der Waals surface area contributed by atoms with Crippen LogP contribution in [-0.2, 0) is 4.79 Å². The number of hydrogen-bond acceptors (Lipinski definition) is 4. The molecule has 1 unspecified atom stereocenters. The van der Waals surface area contributed by atoms with Crippen LogP contribution in [0.4, 0.5) is 0 Å². The minimum Gasteiger partial charge on any atom is -0.369 e. The predicted molar refractivity (Wildman–Crippen MR) is 97.3 cm³/mol. The van der Waals surface area contributed by atoms with Crippen molar-refractivity contribution in [3.63, 3.8) is 0 Å². The van der Waals surface area contributed by atoms with Gasteiger partial charge in [0.1, 0.15) is 5.52 Å². The molecule has 2 N–H and O–H groups in total. The molecule has 1 atom stereocenters. The molecule has 2 heterocycles. The van der Waals surface area contributed by atoms with E-state index in [0.29, 0.717) is 29.9 Å². The smallest absolute Gasteiger partial charge is 0.253 e. The van der Waals surface area contributed by atoms with Crippen LogP contribution in [0.15, 0.2) is 53.1 Å². The molecule has 6 nitrogen and oxygen atoms in total. The van der Waals surface area contributed by atoms with E-state index >= 15 is 0 Å². The number of piperidine rings is 1. The quantitative estimate of drug-likeness (QED) is 0.787. The second-order valence-corrected chi connectivity index (χ2v) is 6.60. The highest BCUT2D eigenvalue weighted by Crippen LogP contribution is 2.30. The summed E-state index contributed by atoms with van der Waals surface area (Å²) >= 11 is 0. The summed E-state index contributed by atoms with van der Waals surface area (Å²) in [6.45, 7) is 1.01. The van der Waals surface area contributed by atoms with Crippen LogP contribution in [-0.4, -0.2) is 35.0 Å². The number of aromatic nitrogens is 1. The van der Waals surface area contributed by atoms with Crippen molar-refractivity contribution in [3.05, 3.63) is 54.1 Å². The van der Waals surface area contributed by atoms with E-state index in [1.165, 1.54) is 0 Å². The van der Waals surface area contributed by atoms with E-state index in [4.69, 9.17) is 10.3 Å². The van der Waals surface area contributed by atoms with Gasteiger partial charge < -0.3 is 15.2 Å². The van der Waals surface area contributed by atoms with E-state index in [0.717, 1.165) is 23.8 Å². The van der Waals surface area contributed by atoms with E-state index in [9.17, 15) is 9.59 Å². The highest BCUT2D eigenvalue weighted by molar-refractivity contribution is 6.01. The zero-order chi connectivity index (χ0) is 18.1. The van der Waals surface area contributed by atoms with Crippen LogP contribution in [0.25, 0.3) is 22.2 Å². The van der Waals surface area contributed by atoms with E-state index in [-0.39, 0.29) is 17.7 Å². The third-order valence-corrected chi connectivity index (χ3v) is 4.87. The van der Waals surface area contributed by atoms with Crippen LogP contribution in [0, 0.1) is 5.92 Å². The Bertz CT molecular complexity index is 965. The van der Waals surface area contributed by atoms with Gasteiger partial charge in [0.15, 0.2) is 5.76 Å². The molecule has 1 aliphatic rings. The van der Waals surface area contributed by atoms with Gasteiger partial charge in [0, 0.05) is 24.2 Å². The van der Waals surface area contributed by atoms with Crippen LogP contribution in [0.1, 0.15) is 23.2 Å². The summed E-state index contributed by atoms with van der Waals surface area (Å²) < 4.78 is 5.49. The number of rotatable bonds is 3. The number of primary amides is 1. The predicted octanol–water partition coefficient (Wildman–Crippen LogP) is 2.83. The molecule has 1 aromatic heterocycles. The summed E-state index contributed by atoms with van der Waals surface area (Å²) in [4.78, 5) is 26.1. The first kappa shape index (κ1) is 16.3. The minimum absolute atomic E-state index is 0.0990. The number of likely N-dealkylation sites (tertiary alicyclic amines) is 1. The summed E-state index contributed by atoms with van der Waals surface area (Å²) in [7, 11) is 0. The Hall–Kier alpha value is -3.15. The molecule has 0 spiro atoms. The standard InChI is InChI=1S/C20H19N3O3/c21-19(24)15-7-4-10-23(12-15)20(25)14-8-9-17-16(11-14)18(26-22-17)13-5-2-1-3-6-13/h1-3,5-6,8-9,11,15H,4,7,10,12H2,(H2,21,24). The van der Waals surface area contributed by atoms with Gasteiger partial charge in [-0.25, -0.2) is 0 Å². The minimum atomic E-state index is -0.344. The first-order chi connectivity index (χ1) is 12.6. The zero-order valence-electron chi connectivity index (χ0n) is 14.2. The van der Waals surface area contributed by atoms with Crippen LogP contribution in [0.3, 0.4) is 0 Å². The Morgan fingerprint density at radius 1 is 1.15 bits per heavy atom. The van der Waals surface area contributed by atoms with Gasteiger partial charge in [0.05, 0.1) is 11.3 Å². The number of carbonyl (C=O) groups excluding carboxylic acids is 2. The number of nitrogens with two attached hydrogens (primary N) is 1. The molecule has 3 aromatic rings. The topological polar surface area (TPSA) is 89.4 Å². The van der Waals surface area contributed by atoms with Crippen molar-refractivity contribution in [1.29, 1.82) is 0 Å². The van der Waals surface area contributed by atoms with Crippen LogP contribution in [0.2, 0.25) is 0 Å². The van der Waals surface area contributed by atoms with Crippen molar-refractivity contribution in [3.8, 4) is 11.3 Å². The monoisotopic (exact) mass is 349 g/mol. The van der Waals surface area contributed by atoms with Crippen LogP contribution < -0.4 is 5.73 Å². The number of hydrogen-bond donors (Lipinski definition) is 1. The summed E-state index contributed by atoms with van der Waals surface area (Å²) in [5.41, 5.74) is 7.59. The molecule has 2 amide bonds. The normalized spacial score (nSPS) is 17.4. The average Bonchev–Trinajstić information content (AvgIpc) is 3.11.